The minimum absolute atomic E-state index is 0.0128. The number of benzene rings is 3. The first kappa shape index (κ1) is 28.5. The van der Waals surface area contributed by atoms with Crippen molar-refractivity contribution >= 4 is 29.7 Å². The number of piperidine rings is 1. The first-order valence-corrected chi connectivity index (χ1v) is 13.0. The SMILES string of the molecule is COc1ccc(NC(=O)c2c(/C=C/c3ccc(OCCN4CCCCC4=O)cc3)cc(OC)cc2OC)c(F)c1. The van der Waals surface area contributed by atoms with E-state index in [1.807, 2.05) is 35.2 Å². The third-order valence-corrected chi connectivity index (χ3v) is 6.60. The van der Waals surface area contributed by atoms with Gasteiger partial charge < -0.3 is 29.2 Å². The highest BCUT2D eigenvalue weighted by molar-refractivity contribution is 6.09. The molecule has 3 aromatic rings. The van der Waals surface area contributed by atoms with Crippen molar-refractivity contribution in [3.8, 4) is 23.0 Å². The molecular weight excluding hydrogens is 515 g/mol. The van der Waals surface area contributed by atoms with E-state index in [4.69, 9.17) is 18.9 Å². The highest BCUT2D eigenvalue weighted by atomic mass is 19.1. The highest BCUT2D eigenvalue weighted by Crippen LogP contribution is 2.32. The zero-order valence-corrected chi connectivity index (χ0v) is 22.9. The maximum Gasteiger partial charge on any atom is 0.260 e. The predicted octanol–water partition coefficient (Wildman–Crippen LogP) is 5.67. The summed E-state index contributed by atoms with van der Waals surface area (Å²) in [5.74, 6) is 0.842. The highest BCUT2D eigenvalue weighted by Gasteiger charge is 2.20. The van der Waals surface area contributed by atoms with E-state index < -0.39 is 11.7 Å². The molecule has 2 amide bonds. The Morgan fingerprint density at radius 1 is 0.925 bits per heavy atom. The number of carbonyl (C=O) groups is 2. The van der Waals surface area contributed by atoms with Gasteiger partial charge in [-0.25, -0.2) is 4.39 Å². The molecule has 1 aliphatic heterocycles. The zero-order chi connectivity index (χ0) is 28.5. The molecule has 210 valence electrons. The maximum absolute atomic E-state index is 14.5. The fraction of sp³-hybridized carbons (Fsp3) is 0.290. The summed E-state index contributed by atoms with van der Waals surface area (Å²) in [6.45, 7) is 1.79. The van der Waals surface area contributed by atoms with Gasteiger partial charge in [-0.3, -0.25) is 9.59 Å². The minimum atomic E-state index is -0.623. The molecule has 8 nitrogen and oxygen atoms in total. The van der Waals surface area contributed by atoms with Gasteiger partial charge in [0.2, 0.25) is 5.91 Å². The number of nitrogens with one attached hydrogen (secondary N) is 1. The second kappa shape index (κ2) is 13.5. The van der Waals surface area contributed by atoms with Crippen molar-refractivity contribution in [2.24, 2.45) is 0 Å². The number of likely N-dealkylation sites (tertiary alicyclic amines) is 1. The number of carbonyl (C=O) groups excluding carboxylic acids is 2. The van der Waals surface area contributed by atoms with Gasteiger partial charge in [0, 0.05) is 25.1 Å². The summed E-state index contributed by atoms with van der Waals surface area (Å²) in [6, 6.07) is 15.0. The molecule has 0 spiro atoms. The molecule has 0 aliphatic carbocycles. The van der Waals surface area contributed by atoms with Gasteiger partial charge in [0.15, 0.2) is 0 Å². The number of ether oxygens (including phenoxy) is 4. The molecule has 0 saturated carbocycles. The van der Waals surface area contributed by atoms with E-state index in [2.05, 4.69) is 5.32 Å². The van der Waals surface area contributed by atoms with E-state index in [9.17, 15) is 14.0 Å². The van der Waals surface area contributed by atoms with E-state index in [1.165, 1.54) is 33.5 Å². The van der Waals surface area contributed by atoms with E-state index in [0.717, 1.165) is 24.9 Å². The van der Waals surface area contributed by atoms with Crippen LogP contribution in [0.2, 0.25) is 0 Å². The molecule has 1 fully saturated rings. The smallest absolute Gasteiger partial charge is 0.260 e. The van der Waals surface area contributed by atoms with Crippen LogP contribution in [0.15, 0.2) is 54.6 Å². The Morgan fingerprint density at radius 3 is 2.35 bits per heavy atom. The standard InChI is InChI=1S/C31H33FN2O6/c1-37-24-13-14-27(26(32)19-24)33-31(36)30-22(18-25(38-2)20-28(30)39-3)10-7-21-8-11-23(12-9-21)40-17-16-34-15-5-4-6-29(34)35/h7-14,18-20H,4-6,15-17H2,1-3H3,(H,33,36)/b10-7+. The molecule has 1 aliphatic rings. The number of rotatable bonds is 11. The van der Waals surface area contributed by atoms with Gasteiger partial charge in [0.1, 0.15) is 35.4 Å². The van der Waals surface area contributed by atoms with Crippen molar-refractivity contribution in [3.63, 3.8) is 0 Å². The maximum atomic E-state index is 14.5. The van der Waals surface area contributed by atoms with Crippen molar-refractivity contribution < 1.29 is 32.9 Å². The first-order valence-electron chi connectivity index (χ1n) is 13.0. The summed E-state index contributed by atoms with van der Waals surface area (Å²) in [7, 11) is 4.41. The second-order valence-electron chi connectivity index (χ2n) is 9.18. The lowest BCUT2D eigenvalue weighted by molar-refractivity contribution is -0.133. The van der Waals surface area contributed by atoms with Gasteiger partial charge in [-0.1, -0.05) is 24.3 Å². The molecule has 0 unspecified atom stereocenters. The molecule has 9 heteroatoms. The molecule has 1 heterocycles. The van der Waals surface area contributed by atoms with E-state index >= 15 is 0 Å². The summed E-state index contributed by atoms with van der Waals surface area (Å²) in [4.78, 5) is 27.1. The average Bonchev–Trinajstić information content (AvgIpc) is 2.98. The molecule has 4 rings (SSSR count). The van der Waals surface area contributed by atoms with Crippen molar-refractivity contribution in [1.82, 2.24) is 4.90 Å². The van der Waals surface area contributed by atoms with Gasteiger partial charge in [-0.2, -0.15) is 0 Å². The number of methoxy groups -OCH3 is 3. The molecule has 40 heavy (non-hydrogen) atoms. The van der Waals surface area contributed by atoms with Crippen LogP contribution in [0, 0.1) is 5.82 Å². The molecule has 0 atom stereocenters. The Hall–Kier alpha value is -4.53. The number of anilines is 1. The summed E-state index contributed by atoms with van der Waals surface area (Å²) in [5, 5.41) is 2.62. The van der Waals surface area contributed by atoms with Gasteiger partial charge in [0.25, 0.3) is 5.91 Å². The lowest BCUT2D eigenvalue weighted by atomic mass is 10.0. The molecular formula is C31H33FN2O6. The van der Waals surface area contributed by atoms with E-state index in [0.29, 0.717) is 42.4 Å². The summed E-state index contributed by atoms with van der Waals surface area (Å²) >= 11 is 0. The molecule has 3 aromatic carbocycles. The van der Waals surface area contributed by atoms with Crippen molar-refractivity contribution in [2.45, 2.75) is 19.3 Å². The quantitative estimate of drug-likeness (QED) is 0.311. The third kappa shape index (κ3) is 7.11. The monoisotopic (exact) mass is 548 g/mol. The van der Waals surface area contributed by atoms with Gasteiger partial charge in [0.05, 0.1) is 39.1 Å². The molecule has 0 bridgehead atoms. The van der Waals surface area contributed by atoms with Gasteiger partial charge in [-0.05, 0) is 54.3 Å². The predicted molar refractivity (Wildman–Crippen MR) is 152 cm³/mol. The Balaban J connectivity index is 1.49. The number of nitrogens with zero attached hydrogens (tertiary/aromatic N) is 1. The molecule has 1 N–H and O–H groups in total. The van der Waals surface area contributed by atoms with Crippen molar-refractivity contribution in [2.75, 3.05) is 46.3 Å². The third-order valence-electron chi connectivity index (χ3n) is 6.60. The summed E-state index contributed by atoms with van der Waals surface area (Å²) in [6.07, 6.45) is 6.22. The van der Waals surface area contributed by atoms with Crippen LogP contribution >= 0.6 is 0 Å². The number of amides is 2. The van der Waals surface area contributed by atoms with Gasteiger partial charge >= 0.3 is 0 Å². The van der Waals surface area contributed by atoms with E-state index in [-0.39, 0.29) is 22.9 Å². The number of hydrogen-bond donors (Lipinski definition) is 1. The molecule has 0 aromatic heterocycles. The van der Waals surface area contributed by atoms with Crippen molar-refractivity contribution in [1.29, 1.82) is 0 Å². The Kier molecular flexibility index (Phi) is 9.62. The Labute approximate surface area is 233 Å². The molecule has 0 radical (unpaired) electrons. The van der Waals surface area contributed by atoms with Crippen LogP contribution in [0.3, 0.4) is 0 Å². The zero-order valence-electron chi connectivity index (χ0n) is 22.9. The molecule has 1 saturated heterocycles. The lowest BCUT2D eigenvalue weighted by Gasteiger charge is -2.26. The Bertz CT molecular complexity index is 1370. The number of hydrogen-bond acceptors (Lipinski definition) is 6. The van der Waals surface area contributed by atoms with Crippen LogP contribution in [0.1, 0.15) is 40.7 Å². The Morgan fingerprint density at radius 2 is 1.68 bits per heavy atom. The van der Waals surface area contributed by atoms with Crippen LogP contribution in [-0.2, 0) is 4.79 Å². The second-order valence-corrected chi connectivity index (χ2v) is 9.18. The largest absolute Gasteiger partial charge is 0.497 e. The topological polar surface area (TPSA) is 86.3 Å². The van der Waals surface area contributed by atoms with Crippen LogP contribution in [0.25, 0.3) is 12.2 Å². The normalized spacial score (nSPS) is 13.3. The van der Waals surface area contributed by atoms with Gasteiger partial charge in [-0.15, -0.1) is 0 Å². The summed E-state index contributed by atoms with van der Waals surface area (Å²) in [5.41, 5.74) is 1.63. The van der Waals surface area contributed by atoms with Crippen LogP contribution < -0.4 is 24.3 Å². The van der Waals surface area contributed by atoms with Crippen molar-refractivity contribution in [3.05, 3.63) is 77.1 Å². The van der Waals surface area contributed by atoms with E-state index in [1.54, 1.807) is 24.3 Å². The average molecular weight is 549 g/mol. The number of halogens is 1. The summed E-state index contributed by atoms with van der Waals surface area (Å²) < 4.78 is 36.2. The van der Waals surface area contributed by atoms with Crippen LogP contribution in [0.5, 0.6) is 23.0 Å². The fourth-order valence-corrected chi connectivity index (χ4v) is 4.41. The van der Waals surface area contributed by atoms with Crippen LogP contribution in [0.4, 0.5) is 10.1 Å². The lowest BCUT2D eigenvalue weighted by Crippen LogP contribution is -2.38. The minimum Gasteiger partial charge on any atom is -0.497 e. The van der Waals surface area contributed by atoms with Crippen LogP contribution in [-0.4, -0.2) is 57.7 Å². The first-order chi connectivity index (χ1) is 19.4. The fourth-order valence-electron chi connectivity index (χ4n) is 4.41.